The fourth-order valence-corrected chi connectivity index (χ4v) is 3.37. The van der Waals surface area contributed by atoms with E-state index in [1.54, 1.807) is 29.7 Å². The van der Waals surface area contributed by atoms with Gasteiger partial charge in [-0.2, -0.15) is 13.2 Å². The zero-order chi connectivity index (χ0) is 21.5. The number of nitrogens with zero attached hydrogens (tertiary/aromatic N) is 2. The van der Waals surface area contributed by atoms with Crippen LogP contribution < -0.4 is 4.74 Å². The van der Waals surface area contributed by atoms with Crippen LogP contribution in [0.3, 0.4) is 0 Å². The number of ether oxygens (including phenoxy) is 2. The summed E-state index contributed by atoms with van der Waals surface area (Å²) in [6.07, 6.45) is -2.29. The highest BCUT2D eigenvalue weighted by molar-refractivity contribution is 6.31. The third-order valence-corrected chi connectivity index (χ3v) is 4.71. The summed E-state index contributed by atoms with van der Waals surface area (Å²) in [4.78, 5) is 16.2. The Morgan fingerprint density at radius 3 is 2.63 bits per heavy atom. The van der Waals surface area contributed by atoms with Gasteiger partial charge in [-0.25, -0.2) is 9.78 Å². The number of aromatic nitrogens is 2. The van der Waals surface area contributed by atoms with Gasteiger partial charge in [0.15, 0.2) is 0 Å². The molecule has 0 spiro atoms. The lowest BCUT2D eigenvalue weighted by molar-refractivity contribution is -0.137. The zero-order valence-electron chi connectivity index (χ0n) is 15.5. The lowest BCUT2D eigenvalue weighted by Gasteiger charge is -2.10. The second kappa shape index (κ2) is 7.53. The van der Waals surface area contributed by atoms with E-state index in [2.05, 4.69) is 4.98 Å². The molecule has 0 amide bonds. The number of pyridine rings is 2. The molecule has 0 bridgehead atoms. The fourth-order valence-electron chi connectivity index (χ4n) is 3.16. The van der Waals surface area contributed by atoms with E-state index >= 15 is 0 Å². The molecule has 5 nitrogen and oxygen atoms in total. The van der Waals surface area contributed by atoms with Crippen LogP contribution in [-0.4, -0.2) is 22.0 Å². The van der Waals surface area contributed by atoms with Crippen molar-refractivity contribution in [2.24, 2.45) is 0 Å². The van der Waals surface area contributed by atoms with E-state index < -0.39 is 17.7 Å². The van der Waals surface area contributed by atoms with Crippen molar-refractivity contribution in [2.45, 2.75) is 13.1 Å². The van der Waals surface area contributed by atoms with Crippen LogP contribution in [0, 0.1) is 0 Å². The molecule has 0 aliphatic carbocycles. The maximum atomic E-state index is 12.8. The third kappa shape index (κ3) is 3.54. The number of fused-ring (bicyclic) bond motifs is 3. The first kappa shape index (κ1) is 20.0. The SMILES string of the molecule is CCOC(=O)c1c2ccccc2n2cc(Oc3ncc(C(F)(F)F)cc3Cl)ccc12. The summed E-state index contributed by atoms with van der Waals surface area (Å²) in [6.45, 7) is 1.97. The summed E-state index contributed by atoms with van der Waals surface area (Å²) < 4.78 is 50.9. The second-order valence-electron chi connectivity index (χ2n) is 6.34. The smallest absolute Gasteiger partial charge is 0.417 e. The monoisotopic (exact) mass is 434 g/mol. The summed E-state index contributed by atoms with van der Waals surface area (Å²) in [6, 6.07) is 11.3. The molecule has 0 radical (unpaired) electrons. The number of para-hydroxylation sites is 1. The van der Waals surface area contributed by atoms with Crippen molar-refractivity contribution in [2.75, 3.05) is 6.61 Å². The highest BCUT2D eigenvalue weighted by atomic mass is 35.5. The Bertz CT molecular complexity index is 1270. The first-order valence-corrected chi connectivity index (χ1v) is 9.28. The number of halogens is 4. The van der Waals surface area contributed by atoms with Gasteiger partial charge in [0.25, 0.3) is 0 Å². The minimum Gasteiger partial charge on any atom is -0.462 e. The van der Waals surface area contributed by atoms with Gasteiger partial charge in [-0.15, -0.1) is 0 Å². The van der Waals surface area contributed by atoms with E-state index in [0.29, 0.717) is 22.7 Å². The number of carbonyl (C=O) groups is 1. The van der Waals surface area contributed by atoms with E-state index in [0.717, 1.165) is 11.6 Å². The number of hydrogen-bond donors (Lipinski definition) is 0. The molecule has 154 valence electrons. The van der Waals surface area contributed by atoms with Gasteiger partial charge in [0, 0.05) is 11.6 Å². The average Bonchev–Trinajstić information content (AvgIpc) is 3.03. The largest absolute Gasteiger partial charge is 0.462 e. The molecule has 0 saturated carbocycles. The normalized spacial score (nSPS) is 11.8. The van der Waals surface area contributed by atoms with E-state index in [1.807, 2.05) is 24.3 Å². The molecule has 4 aromatic rings. The summed E-state index contributed by atoms with van der Waals surface area (Å²) in [7, 11) is 0. The minimum atomic E-state index is -4.55. The topological polar surface area (TPSA) is 52.8 Å². The van der Waals surface area contributed by atoms with Gasteiger partial charge < -0.3 is 13.9 Å². The van der Waals surface area contributed by atoms with Crippen LogP contribution in [0.4, 0.5) is 13.2 Å². The summed E-state index contributed by atoms with van der Waals surface area (Å²) >= 11 is 5.92. The molecule has 0 atom stereocenters. The quantitative estimate of drug-likeness (QED) is 0.363. The molecule has 0 aliphatic heterocycles. The Labute approximate surface area is 173 Å². The van der Waals surface area contributed by atoms with Gasteiger partial charge in [-0.1, -0.05) is 29.8 Å². The molecule has 4 rings (SSSR count). The maximum absolute atomic E-state index is 12.8. The molecule has 1 aromatic carbocycles. The molecule has 9 heteroatoms. The first-order valence-electron chi connectivity index (χ1n) is 8.90. The van der Waals surface area contributed by atoms with Crippen molar-refractivity contribution < 1.29 is 27.4 Å². The minimum absolute atomic E-state index is 0.161. The Morgan fingerprint density at radius 1 is 1.17 bits per heavy atom. The molecule has 0 saturated heterocycles. The number of hydrogen-bond acceptors (Lipinski definition) is 4. The van der Waals surface area contributed by atoms with Gasteiger partial charge in [-0.3, -0.25) is 0 Å². The molecule has 30 heavy (non-hydrogen) atoms. The zero-order valence-corrected chi connectivity index (χ0v) is 16.3. The standard InChI is InChI=1S/C21H14ClF3N2O3/c1-2-29-20(28)18-14-5-3-4-6-16(14)27-11-13(7-8-17(18)27)30-19-15(22)9-12(10-26-19)21(23,24)25/h3-11H,2H2,1H3. The summed E-state index contributed by atoms with van der Waals surface area (Å²) in [5.74, 6) is -0.323. The molecular weight excluding hydrogens is 421 g/mol. The number of benzene rings is 1. The molecule has 3 heterocycles. The predicted octanol–water partition coefficient (Wildman–Crippen LogP) is 6.13. The van der Waals surface area contributed by atoms with Crippen LogP contribution >= 0.6 is 11.6 Å². The molecule has 0 N–H and O–H groups in total. The first-order chi connectivity index (χ1) is 14.3. The molecule has 0 fully saturated rings. The Morgan fingerprint density at radius 2 is 1.93 bits per heavy atom. The van der Waals surface area contributed by atoms with Crippen LogP contribution in [0.2, 0.25) is 5.02 Å². The summed E-state index contributed by atoms with van der Waals surface area (Å²) in [5.41, 5.74) is 0.802. The number of carbonyl (C=O) groups excluding carboxylic acids is 1. The molecule has 0 aliphatic rings. The average molecular weight is 435 g/mol. The fraction of sp³-hybridized carbons (Fsp3) is 0.143. The molecule has 0 unspecified atom stereocenters. The van der Waals surface area contributed by atoms with Gasteiger partial charge in [0.05, 0.1) is 35.0 Å². The van der Waals surface area contributed by atoms with E-state index in [9.17, 15) is 18.0 Å². The van der Waals surface area contributed by atoms with Gasteiger partial charge >= 0.3 is 12.1 Å². The van der Waals surface area contributed by atoms with E-state index in [-0.39, 0.29) is 23.3 Å². The van der Waals surface area contributed by atoms with Crippen molar-refractivity contribution in [3.05, 3.63) is 71.0 Å². The predicted molar refractivity (Wildman–Crippen MR) is 105 cm³/mol. The number of rotatable bonds is 4. The lowest BCUT2D eigenvalue weighted by Crippen LogP contribution is -2.06. The van der Waals surface area contributed by atoms with Crippen LogP contribution in [0.25, 0.3) is 16.4 Å². The van der Waals surface area contributed by atoms with Gasteiger partial charge in [0.2, 0.25) is 5.88 Å². The van der Waals surface area contributed by atoms with Crippen LogP contribution in [0.1, 0.15) is 22.8 Å². The highest BCUT2D eigenvalue weighted by Gasteiger charge is 2.32. The van der Waals surface area contributed by atoms with Crippen molar-refractivity contribution in [1.82, 2.24) is 9.38 Å². The van der Waals surface area contributed by atoms with Crippen molar-refractivity contribution in [3.8, 4) is 11.6 Å². The van der Waals surface area contributed by atoms with Gasteiger partial charge in [-0.05, 0) is 31.2 Å². The van der Waals surface area contributed by atoms with Crippen molar-refractivity contribution in [3.63, 3.8) is 0 Å². The van der Waals surface area contributed by atoms with Gasteiger partial charge in [0.1, 0.15) is 10.8 Å². The summed E-state index contributed by atoms with van der Waals surface area (Å²) in [5, 5.41) is 0.438. The number of alkyl halides is 3. The van der Waals surface area contributed by atoms with Crippen LogP contribution in [-0.2, 0) is 10.9 Å². The maximum Gasteiger partial charge on any atom is 0.417 e. The number of esters is 1. The third-order valence-electron chi connectivity index (χ3n) is 4.44. The Kier molecular flexibility index (Phi) is 5.03. The molecule has 3 aromatic heterocycles. The van der Waals surface area contributed by atoms with Crippen LogP contribution in [0.15, 0.2) is 54.9 Å². The van der Waals surface area contributed by atoms with Crippen molar-refractivity contribution >= 4 is 34.0 Å². The van der Waals surface area contributed by atoms with Crippen molar-refractivity contribution in [1.29, 1.82) is 0 Å². The Hall–Kier alpha value is -3.26. The second-order valence-corrected chi connectivity index (χ2v) is 6.75. The highest BCUT2D eigenvalue weighted by Crippen LogP contribution is 2.35. The lowest BCUT2D eigenvalue weighted by atomic mass is 10.1. The molecular formula is C21H14ClF3N2O3. The van der Waals surface area contributed by atoms with E-state index in [1.165, 1.54) is 0 Å². The van der Waals surface area contributed by atoms with Crippen LogP contribution in [0.5, 0.6) is 11.6 Å². The van der Waals surface area contributed by atoms with E-state index in [4.69, 9.17) is 21.1 Å². The Balaban J connectivity index is 1.78.